The van der Waals surface area contributed by atoms with Crippen LogP contribution in [0.5, 0.6) is 0 Å². The van der Waals surface area contributed by atoms with Crippen LogP contribution < -0.4 is 5.30 Å². The van der Waals surface area contributed by atoms with Gasteiger partial charge in [-0.05, 0) is 64.1 Å². The van der Waals surface area contributed by atoms with Crippen molar-refractivity contribution in [2.75, 3.05) is 13.3 Å². The van der Waals surface area contributed by atoms with Gasteiger partial charge in [0.15, 0.2) is 17.5 Å². The Hall–Kier alpha value is -4.59. The smallest absolute Gasteiger partial charge is 0.164 e. The molecule has 0 unspecified atom stereocenters. The van der Waals surface area contributed by atoms with Crippen molar-refractivity contribution in [1.29, 1.82) is 0 Å². The van der Waals surface area contributed by atoms with Crippen LogP contribution in [-0.2, 0) is 5.41 Å². The Bertz CT molecular complexity index is 2020. The number of nitrogens with zero attached hydrogens (tertiary/aromatic N) is 3. The van der Waals surface area contributed by atoms with Gasteiger partial charge in [0.25, 0.3) is 0 Å². The quantitative estimate of drug-likeness (QED) is 0.192. The van der Waals surface area contributed by atoms with Gasteiger partial charge in [0, 0.05) is 22.1 Å². The fraction of sp³-hybridized carbons (Fsp3) is 0.128. The van der Waals surface area contributed by atoms with E-state index in [2.05, 4.69) is 118 Å². The molecule has 4 heteroatoms. The van der Waals surface area contributed by atoms with E-state index in [9.17, 15) is 0 Å². The second-order valence-corrected chi connectivity index (χ2v) is 16.3. The highest BCUT2D eigenvalue weighted by Crippen LogP contribution is 2.50. The monoisotopic (exact) mass is 575 g/mol. The third-order valence-corrected chi connectivity index (χ3v) is 10.2. The lowest BCUT2D eigenvalue weighted by Crippen LogP contribution is -2.17. The SMILES string of the molecule is C=P(C)(C)c1ccc2c(c1)C(C)(C)c1cc(-c3nc(-c4ccccc4)nc(-c4ccc(-c5ccccc5)cc4)n3)ccc1-2. The lowest BCUT2D eigenvalue weighted by atomic mass is 9.82. The van der Waals surface area contributed by atoms with Gasteiger partial charge in [0.2, 0.25) is 0 Å². The Kier molecular flexibility index (Phi) is 6.52. The summed E-state index contributed by atoms with van der Waals surface area (Å²) in [5.74, 6) is 2.01. The zero-order valence-electron chi connectivity index (χ0n) is 25.0. The number of fused-ring (bicyclic) bond motifs is 3. The summed E-state index contributed by atoms with van der Waals surface area (Å²) < 4.78 is 0. The first kappa shape index (κ1) is 27.3. The first-order chi connectivity index (χ1) is 20.7. The van der Waals surface area contributed by atoms with E-state index in [0.29, 0.717) is 17.5 Å². The van der Waals surface area contributed by atoms with Crippen molar-refractivity contribution in [3.8, 4) is 56.4 Å². The third kappa shape index (κ3) is 4.94. The van der Waals surface area contributed by atoms with Crippen molar-refractivity contribution >= 4 is 18.5 Å². The van der Waals surface area contributed by atoms with E-state index in [4.69, 9.17) is 15.0 Å². The van der Waals surface area contributed by atoms with Crippen molar-refractivity contribution in [2.24, 2.45) is 0 Å². The maximum absolute atomic E-state index is 5.04. The highest BCUT2D eigenvalue weighted by Gasteiger charge is 2.36. The molecule has 1 aliphatic rings. The topological polar surface area (TPSA) is 38.7 Å². The van der Waals surface area contributed by atoms with E-state index in [-0.39, 0.29) is 5.41 Å². The average molecular weight is 576 g/mol. The van der Waals surface area contributed by atoms with E-state index in [1.54, 1.807) is 0 Å². The number of rotatable bonds is 5. The summed E-state index contributed by atoms with van der Waals surface area (Å²) >= 11 is 0. The van der Waals surface area contributed by atoms with E-state index < -0.39 is 6.89 Å². The molecule has 43 heavy (non-hydrogen) atoms. The molecule has 6 aromatic rings. The Morgan fingerprint density at radius 1 is 0.488 bits per heavy atom. The van der Waals surface area contributed by atoms with Crippen molar-refractivity contribution in [2.45, 2.75) is 19.3 Å². The lowest BCUT2D eigenvalue weighted by molar-refractivity contribution is 0.661. The van der Waals surface area contributed by atoms with Gasteiger partial charge < -0.3 is 0 Å². The number of hydrogen-bond donors (Lipinski definition) is 0. The summed E-state index contributed by atoms with van der Waals surface area (Å²) in [5.41, 5.74) is 10.4. The number of benzene rings is 5. The van der Waals surface area contributed by atoms with Crippen LogP contribution in [0.1, 0.15) is 25.0 Å². The van der Waals surface area contributed by atoms with Gasteiger partial charge in [-0.15, -0.1) is 0 Å². The van der Waals surface area contributed by atoms with Crippen LogP contribution in [0, 0.1) is 0 Å². The minimum Gasteiger partial charge on any atom is -0.208 e. The summed E-state index contributed by atoms with van der Waals surface area (Å²) in [4.78, 5) is 15.0. The molecule has 3 nitrogen and oxygen atoms in total. The molecule has 0 radical (unpaired) electrons. The molecule has 0 atom stereocenters. The molecule has 7 rings (SSSR count). The molecule has 0 bridgehead atoms. The zero-order valence-corrected chi connectivity index (χ0v) is 25.9. The van der Waals surface area contributed by atoms with Gasteiger partial charge in [-0.1, -0.05) is 136 Å². The predicted molar refractivity (Wildman–Crippen MR) is 185 cm³/mol. The van der Waals surface area contributed by atoms with Crippen LogP contribution in [0.15, 0.2) is 121 Å². The summed E-state index contributed by atoms with van der Waals surface area (Å²) in [6.45, 7) is 7.82. The minimum absolute atomic E-state index is 0.142. The molecule has 1 heterocycles. The van der Waals surface area contributed by atoms with E-state index in [1.807, 2.05) is 36.4 Å². The largest absolute Gasteiger partial charge is 0.208 e. The van der Waals surface area contributed by atoms with Crippen molar-refractivity contribution in [1.82, 2.24) is 15.0 Å². The fourth-order valence-electron chi connectivity index (χ4n) is 6.03. The number of aromatic nitrogens is 3. The Balaban J connectivity index is 1.34. The normalized spacial score (nSPS) is 13.4. The summed E-state index contributed by atoms with van der Waals surface area (Å²) in [7, 11) is 0. The van der Waals surface area contributed by atoms with E-state index in [1.165, 1.54) is 33.1 Å². The van der Waals surface area contributed by atoms with Gasteiger partial charge in [0.1, 0.15) is 0 Å². The minimum atomic E-state index is -1.38. The zero-order chi connectivity index (χ0) is 29.8. The molecule has 0 N–H and O–H groups in total. The molecule has 5 aromatic carbocycles. The summed E-state index contributed by atoms with van der Waals surface area (Å²) in [5, 5.41) is 1.36. The number of hydrogen-bond acceptors (Lipinski definition) is 3. The van der Waals surface area contributed by atoms with Crippen LogP contribution in [-0.4, -0.2) is 34.6 Å². The Labute approximate surface area is 254 Å². The summed E-state index contributed by atoms with van der Waals surface area (Å²) in [6.07, 6.45) is 4.49. The Morgan fingerprint density at radius 3 is 1.49 bits per heavy atom. The molecule has 0 saturated heterocycles. The maximum Gasteiger partial charge on any atom is 0.164 e. The van der Waals surface area contributed by atoms with Crippen molar-refractivity contribution < 1.29 is 0 Å². The molecule has 0 fully saturated rings. The van der Waals surface area contributed by atoms with Crippen LogP contribution in [0.4, 0.5) is 0 Å². The first-order valence-corrected chi connectivity index (χ1v) is 17.5. The predicted octanol–water partition coefficient (Wildman–Crippen LogP) is 9.18. The van der Waals surface area contributed by atoms with Gasteiger partial charge in [-0.2, -0.15) is 0 Å². The van der Waals surface area contributed by atoms with Crippen molar-refractivity contribution in [3.63, 3.8) is 0 Å². The van der Waals surface area contributed by atoms with Gasteiger partial charge >= 0.3 is 0 Å². The van der Waals surface area contributed by atoms with Crippen molar-refractivity contribution in [3.05, 3.63) is 132 Å². The first-order valence-electron chi connectivity index (χ1n) is 14.6. The van der Waals surface area contributed by atoms with E-state index >= 15 is 0 Å². The molecular weight excluding hydrogens is 541 g/mol. The fourth-order valence-corrected chi connectivity index (χ4v) is 6.99. The molecule has 0 saturated carbocycles. The van der Waals surface area contributed by atoms with Crippen LogP contribution in [0.25, 0.3) is 56.4 Å². The van der Waals surface area contributed by atoms with Gasteiger partial charge in [0.05, 0.1) is 0 Å². The standard InChI is InChI=1S/C39H34N3P/c1-39(2)34-24-30(20-22-32(34)33-23-21-31(25-35(33)39)43(3,4)5)38-41-36(28-14-10-7-11-15-28)40-37(42-38)29-18-16-27(17-19-29)26-12-8-6-9-13-26/h6-25H,3H2,1-2,4-5H3. The lowest BCUT2D eigenvalue weighted by Gasteiger charge is -2.24. The van der Waals surface area contributed by atoms with Crippen LogP contribution >= 0.6 is 6.89 Å². The highest BCUT2D eigenvalue weighted by atomic mass is 31.2. The molecule has 0 amide bonds. The molecule has 210 valence electrons. The maximum atomic E-state index is 5.04. The molecule has 1 aromatic heterocycles. The highest BCUT2D eigenvalue weighted by molar-refractivity contribution is 7.79. The molecule has 0 aliphatic heterocycles. The van der Waals surface area contributed by atoms with Crippen LogP contribution in [0.2, 0.25) is 0 Å². The van der Waals surface area contributed by atoms with Gasteiger partial charge in [-0.3, -0.25) is 0 Å². The van der Waals surface area contributed by atoms with Gasteiger partial charge in [-0.25, -0.2) is 15.0 Å². The second-order valence-electron chi connectivity index (χ2n) is 12.4. The molecule has 1 aliphatic carbocycles. The third-order valence-electron chi connectivity index (χ3n) is 8.53. The summed E-state index contributed by atoms with van der Waals surface area (Å²) in [6, 6.07) is 42.7. The Morgan fingerprint density at radius 2 is 0.907 bits per heavy atom. The van der Waals surface area contributed by atoms with Crippen LogP contribution in [0.3, 0.4) is 0 Å². The van der Waals surface area contributed by atoms with E-state index in [0.717, 1.165) is 22.3 Å². The molecular formula is C39H34N3P. The average Bonchev–Trinajstić information content (AvgIpc) is 3.26. The second kappa shape index (κ2) is 10.3. The molecule has 0 spiro atoms.